The highest BCUT2D eigenvalue weighted by Crippen LogP contribution is 2.40. The van der Waals surface area contributed by atoms with Crippen LogP contribution in [-0.4, -0.2) is 21.8 Å². The minimum atomic E-state index is -0.344. The maximum Gasteiger partial charge on any atom is 0.198 e. The van der Waals surface area contributed by atoms with E-state index in [9.17, 15) is 19.8 Å². The number of carbonyl (C=O) groups excluding carboxylic acids is 2. The molecule has 0 saturated heterocycles. The third-order valence-corrected chi connectivity index (χ3v) is 8.56. The largest absolute Gasteiger partial charge is 0.506 e. The Hall–Kier alpha value is -2.85. The number of hydrogen-bond donors (Lipinski definition) is 4. The van der Waals surface area contributed by atoms with Gasteiger partial charge in [-0.3, -0.25) is 9.59 Å². The quantitative estimate of drug-likeness (QED) is 0.100. The molecule has 0 aliphatic rings. The molecule has 0 fully saturated rings. The van der Waals surface area contributed by atoms with E-state index in [1.165, 1.54) is 12.1 Å². The number of phenols is 2. The van der Waals surface area contributed by atoms with Gasteiger partial charge in [-0.05, 0) is 90.3 Å². The summed E-state index contributed by atoms with van der Waals surface area (Å²) in [5.41, 5.74) is 13.4. The Bertz CT molecular complexity index is 1480. The molecule has 0 aromatic heterocycles. The van der Waals surface area contributed by atoms with Gasteiger partial charge in [0, 0.05) is 31.4 Å². The third kappa shape index (κ3) is 6.10. The first-order valence-corrected chi connectivity index (χ1v) is 12.9. The third-order valence-electron chi connectivity index (χ3n) is 4.97. The van der Waals surface area contributed by atoms with Crippen LogP contribution in [-0.2, 0) is 0 Å². The summed E-state index contributed by atoms with van der Waals surface area (Å²) in [5.74, 6) is -0.966. The van der Waals surface area contributed by atoms with Crippen molar-refractivity contribution in [2.24, 2.45) is 0 Å². The smallest absolute Gasteiger partial charge is 0.198 e. The fourth-order valence-corrected chi connectivity index (χ4v) is 4.74. The number of benzene rings is 4. The number of phenolic OH excluding ortho intramolecular Hbond substituents is 2. The van der Waals surface area contributed by atoms with Crippen LogP contribution in [0, 0.1) is 0 Å². The molecule has 0 aliphatic carbocycles. The van der Waals surface area contributed by atoms with Crippen molar-refractivity contribution >= 4 is 82.3 Å². The molecule has 184 valence electrons. The van der Waals surface area contributed by atoms with Gasteiger partial charge in [-0.15, -0.1) is 0 Å². The summed E-state index contributed by atoms with van der Waals surface area (Å²) in [6.07, 6.45) is 0. The fraction of sp³-hybridized carbons (Fsp3) is 0. The molecule has 0 unspecified atom stereocenters. The van der Waals surface area contributed by atoms with E-state index in [2.05, 4.69) is 47.8 Å². The lowest BCUT2D eigenvalue weighted by Gasteiger charge is -2.09. The number of rotatable bonds is 4. The summed E-state index contributed by atoms with van der Waals surface area (Å²) >= 11 is 15.6. The highest BCUT2D eigenvalue weighted by molar-refractivity contribution is 9.14. The van der Waals surface area contributed by atoms with Crippen molar-refractivity contribution in [2.45, 2.75) is 0 Å². The molecule has 0 radical (unpaired) electrons. The summed E-state index contributed by atoms with van der Waals surface area (Å²) in [4.78, 5) is 24.5. The van der Waals surface area contributed by atoms with Crippen molar-refractivity contribution in [3.05, 3.63) is 113 Å². The molecule has 36 heavy (non-hydrogen) atoms. The van der Waals surface area contributed by atoms with Gasteiger partial charge in [0.25, 0.3) is 0 Å². The van der Waals surface area contributed by atoms with Gasteiger partial charge in [0.2, 0.25) is 0 Å². The number of aromatic hydroxyl groups is 2. The van der Waals surface area contributed by atoms with E-state index in [0.29, 0.717) is 35.9 Å². The monoisotopic (exact) mass is 694 g/mol. The lowest BCUT2D eigenvalue weighted by atomic mass is 10.0. The molecule has 0 bridgehead atoms. The van der Waals surface area contributed by atoms with Gasteiger partial charge in [0.15, 0.2) is 11.6 Å². The SMILES string of the molecule is Nc1cccc(C(=O)c2cc(Br)c(Br)c(Br)c2O)c1.Nc1ccccc1C(=O)c1cccc(Cl)c1O. The topological polar surface area (TPSA) is 127 Å². The van der Waals surface area contributed by atoms with E-state index in [4.69, 9.17) is 23.1 Å². The molecule has 0 aliphatic heterocycles. The van der Waals surface area contributed by atoms with E-state index in [1.54, 1.807) is 60.7 Å². The molecule has 0 heterocycles. The highest BCUT2D eigenvalue weighted by Gasteiger charge is 2.20. The first-order valence-electron chi connectivity index (χ1n) is 10.2. The predicted molar refractivity (Wildman–Crippen MR) is 153 cm³/mol. The van der Waals surface area contributed by atoms with Gasteiger partial charge in [-0.2, -0.15) is 0 Å². The van der Waals surface area contributed by atoms with Crippen molar-refractivity contribution in [3.63, 3.8) is 0 Å². The molecule has 0 atom stereocenters. The summed E-state index contributed by atoms with van der Waals surface area (Å²) < 4.78 is 1.74. The van der Waals surface area contributed by atoms with Gasteiger partial charge < -0.3 is 21.7 Å². The summed E-state index contributed by atoms with van der Waals surface area (Å²) in [6.45, 7) is 0. The molecule has 0 saturated carbocycles. The second-order valence-corrected chi connectivity index (χ2v) is 10.2. The van der Waals surface area contributed by atoms with E-state index < -0.39 is 0 Å². The van der Waals surface area contributed by atoms with Crippen molar-refractivity contribution in [1.29, 1.82) is 0 Å². The molecule has 0 amide bonds. The van der Waals surface area contributed by atoms with Crippen molar-refractivity contribution in [1.82, 2.24) is 0 Å². The Balaban J connectivity index is 0.000000202. The lowest BCUT2D eigenvalue weighted by Crippen LogP contribution is -2.05. The van der Waals surface area contributed by atoms with Gasteiger partial charge in [-0.1, -0.05) is 41.9 Å². The molecule has 4 aromatic rings. The van der Waals surface area contributed by atoms with Crippen LogP contribution in [0.3, 0.4) is 0 Å². The first kappa shape index (κ1) is 27.7. The molecular weight excluding hydrogens is 679 g/mol. The van der Waals surface area contributed by atoms with Gasteiger partial charge in [0.1, 0.15) is 11.5 Å². The van der Waals surface area contributed by atoms with Crippen LogP contribution in [0.25, 0.3) is 0 Å². The Labute approximate surface area is 237 Å². The minimum absolute atomic E-state index is 0.109. The maximum absolute atomic E-state index is 12.4. The van der Waals surface area contributed by atoms with Gasteiger partial charge >= 0.3 is 0 Å². The Morgan fingerprint density at radius 1 is 0.694 bits per heavy atom. The summed E-state index contributed by atoms with van der Waals surface area (Å²) in [5, 5.41) is 19.9. The minimum Gasteiger partial charge on any atom is -0.506 e. The highest BCUT2D eigenvalue weighted by atomic mass is 79.9. The number of nitrogen functional groups attached to an aromatic ring is 2. The average Bonchev–Trinajstić information content (AvgIpc) is 2.86. The molecular formula is C26H18Br3ClN2O4. The number of para-hydroxylation sites is 2. The van der Waals surface area contributed by atoms with Crippen LogP contribution in [0.15, 0.2) is 86.2 Å². The summed E-state index contributed by atoms with van der Waals surface area (Å²) in [6, 6.07) is 19.5. The van der Waals surface area contributed by atoms with Crippen LogP contribution in [0.5, 0.6) is 11.5 Å². The molecule has 6 N–H and O–H groups in total. The number of halogens is 4. The van der Waals surface area contributed by atoms with Crippen LogP contribution >= 0.6 is 59.4 Å². The van der Waals surface area contributed by atoms with Crippen molar-refractivity contribution in [3.8, 4) is 11.5 Å². The van der Waals surface area contributed by atoms with E-state index in [-0.39, 0.29) is 39.2 Å². The maximum atomic E-state index is 12.4. The number of anilines is 2. The van der Waals surface area contributed by atoms with Crippen molar-refractivity contribution in [2.75, 3.05) is 11.5 Å². The van der Waals surface area contributed by atoms with Crippen LogP contribution in [0.2, 0.25) is 5.02 Å². The Morgan fingerprint density at radius 3 is 2.00 bits per heavy atom. The molecule has 4 aromatic carbocycles. The zero-order valence-electron chi connectivity index (χ0n) is 18.3. The fourth-order valence-electron chi connectivity index (χ4n) is 3.14. The van der Waals surface area contributed by atoms with E-state index in [0.717, 1.165) is 0 Å². The van der Waals surface area contributed by atoms with Gasteiger partial charge in [0.05, 0.1) is 20.6 Å². The summed E-state index contributed by atoms with van der Waals surface area (Å²) in [7, 11) is 0. The molecule has 0 spiro atoms. The van der Waals surface area contributed by atoms with Gasteiger partial charge in [-0.25, -0.2) is 0 Å². The van der Waals surface area contributed by atoms with Crippen LogP contribution < -0.4 is 11.5 Å². The number of ketones is 2. The number of nitrogens with two attached hydrogens (primary N) is 2. The lowest BCUT2D eigenvalue weighted by molar-refractivity contribution is 0.102. The van der Waals surface area contributed by atoms with Crippen molar-refractivity contribution < 1.29 is 19.8 Å². The van der Waals surface area contributed by atoms with E-state index >= 15 is 0 Å². The second-order valence-electron chi connectivity index (χ2n) is 7.39. The van der Waals surface area contributed by atoms with E-state index in [1.807, 2.05) is 0 Å². The molecule has 6 nitrogen and oxygen atoms in total. The average molecular weight is 698 g/mol. The standard InChI is InChI=1S/C13H8Br3NO2.C13H10ClNO2/c14-9-5-8(13(19)11(16)10(9)15)12(18)6-2-1-3-7(17)4-6;14-10-6-3-5-9(13(10)17)12(16)8-4-1-2-7-11(8)15/h1-5,19H,17H2;1-7,17H,15H2. The molecule has 4 rings (SSSR count). The van der Waals surface area contributed by atoms with Crippen LogP contribution in [0.4, 0.5) is 11.4 Å². The predicted octanol–water partition coefficient (Wildman–Crippen LogP) is 7.35. The number of hydrogen-bond acceptors (Lipinski definition) is 6. The normalized spacial score (nSPS) is 10.3. The van der Waals surface area contributed by atoms with Crippen LogP contribution in [0.1, 0.15) is 31.8 Å². The Kier molecular flexibility index (Phi) is 9.19. The Morgan fingerprint density at radius 2 is 1.33 bits per heavy atom. The zero-order valence-corrected chi connectivity index (χ0v) is 23.8. The zero-order chi connectivity index (χ0) is 26.6. The second kappa shape index (κ2) is 11.9. The first-order chi connectivity index (χ1) is 17.0. The number of carbonyl (C=O) groups is 2. The molecule has 10 heteroatoms.